The smallest absolute Gasteiger partial charge is 0.132 e. The molecule has 0 aliphatic carbocycles. The molecule has 0 radical (unpaired) electrons. The number of pyridine rings is 1. The van der Waals surface area contributed by atoms with Gasteiger partial charge < -0.3 is 4.90 Å². The SMILES string of the molecule is CCCCN1CCCC[C@H]1c1ccc(N(C)c2ccccc2)nc1. The van der Waals surface area contributed by atoms with Gasteiger partial charge in [0.1, 0.15) is 5.82 Å². The Hall–Kier alpha value is -1.87. The Bertz CT molecular complexity index is 609. The van der Waals surface area contributed by atoms with E-state index in [9.17, 15) is 0 Å². The number of hydrogen-bond acceptors (Lipinski definition) is 3. The van der Waals surface area contributed by atoms with Gasteiger partial charge in [0.15, 0.2) is 0 Å². The van der Waals surface area contributed by atoms with Gasteiger partial charge in [-0.05, 0) is 56.1 Å². The van der Waals surface area contributed by atoms with Crippen molar-refractivity contribution in [2.45, 2.75) is 45.1 Å². The van der Waals surface area contributed by atoms with E-state index in [2.05, 4.69) is 66.4 Å². The van der Waals surface area contributed by atoms with Gasteiger partial charge in [-0.3, -0.25) is 4.90 Å². The highest BCUT2D eigenvalue weighted by Gasteiger charge is 2.23. The molecule has 1 aliphatic heterocycles. The summed E-state index contributed by atoms with van der Waals surface area (Å²) in [6.45, 7) is 4.72. The summed E-state index contributed by atoms with van der Waals surface area (Å²) >= 11 is 0. The molecule has 2 heterocycles. The Kier molecular flexibility index (Phi) is 5.86. The lowest BCUT2D eigenvalue weighted by atomic mass is 9.96. The van der Waals surface area contributed by atoms with E-state index >= 15 is 0 Å². The molecule has 0 spiro atoms. The standard InChI is InChI=1S/C21H29N3/c1-3-4-15-24-16-9-8-12-20(24)18-13-14-21(22-17-18)23(2)19-10-6-5-7-11-19/h5-7,10-11,13-14,17,20H,3-4,8-9,12,15-16H2,1-2H3/t20-/m0/s1. The van der Waals surface area contributed by atoms with Crippen LogP contribution in [0.25, 0.3) is 0 Å². The minimum absolute atomic E-state index is 0.550. The van der Waals surface area contributed by atoms with Crippen molar-refractivity contribution in [1.82, 2.24) is 9.88 Å². The minimum Gasteiger partial charge on any atom is -0.329 e. The first-order valence-corrected chi connectivity index (χ1v) is 9.28. The van der Waals surface area contributed by atoms with Crippen LogP contribution in [0.1, 0.15) is 50.6 Å². The molecule has 24 heavy (non-hydrogen) atoms. The van der Waals surface area contributed by atoms with Crippen LogP contribution in [0.2, 0.25) is 0 Å². The average Bonchev–Trinajstić information content (AvgIpc) is 2.67. The lowest BCUT2D eigenvalue weighted by Crippen LogP contribution is -2.34. The topological polar surface area (TPSA) is 19.4 Å². The van der Waals surface area contributed by atoms with E-state index in [4.69, 9.17) is 4.98 Å². The summed E-state index contributed by atoms with van der Waals surface area (Å²) in [5.41, 5.74) is 2.54. The van der Waals surface area contributed by atoms with E-state index in [-0.39, 0.29) is 0 Å². The zero-order valence-corrected chi connectivity index (χ0v) is 15.0. The molecular formula is C21H29N3. The van der Waals surface area contributed by atoms with Crippen molar-refractivity contribution >= 4 is 11.5 Å². The normalized spacial score (nSPS) is 18.5. The van der Waals surface area contributed by atoms with Gasteiger partial charge in [0, 0.05) is 25.0 Å². The van der Waals surface area contributed by atoms with Crippen LogP contribution >= 0.6 is 0 Å². The van der Waals surface area contributed by atoms with Crippen LogP contribution in [-0.2, 0) is 0 Å². The van der Waals surface area contributed by atoms with Crippen molar-refractivity contribution in [3.8, 4) is 0 Å². The van der Waals surface area contributed by atoms with Crippen LogP contribution < -0.4 is 4.90 Å². The maximum absolute atomic E-state index is 4.74. The highest BCUT2D eigenvalue weighted by atomic mass is 15.2. The number of piperidine rings is 1. The van der Waals surface area contributed by atoms with Gasteiger partial charge in [0.2, 0.25) is 0 Å². The van der Waals surface area contributed by atoms with E-state index in [1.807, 2.05) is 6.07 Å². The predicted octanol–water partition coefficient (Wildman–Crippen LogP) is 5.18. The second-order valence-corrected chi connectivity index (χ2v) is 6.75. The van der Waals surface area contributed by atoms with E-state index in [1.54, 1.807) is 0 Å². The molecule has 2 aromatic rings. The summed E-state index contributed by atoms with van der Waals surface area (Å²) in [6, 6.07) is 15.4. The summed E-state index contributed by atoms with van der Waals surface area (Å²) in [7, 11) is 2.07. The lowest BCUT2D eigenvalue weighted by Gasteiger charge is -2.36. The summed E-state index contributed by atoms with van der Waals surface area (Å²) < 4.78 is 0. The largest absolute Gasteiger partial charge is 0.329 e. The van der Waals surface area contributed by atoms with E-state index in [1.165, 1.54) is 56.4 Å². The second kappa shape index (κ2) is 8.29. The quantitative estimate of drug-likeness (QED) is 0.730. The van der Waals surface area contributed by atoms with Gasteiger partial charge in [0.25, 0.3) is 0 Å². The van der Waals surface area contributed by atoms with E-state index < -0.39 is 0 Å². The third-order valence-corrected chi connectivity index (χ3v) is 5.06. The number of anilines is 2. The Balaban J connectivity index is 1.73. The number of likely N-dealkylation sites (tertiary alicyclic amines) is 1. The Morgan fingerprint density at radius 1 is 1.12 bits per heavy atom. The maximum Gasteiger partial charge on any atom is 0.132 e. The Morgan fingerprint density at radius 2 is 1.96 bits per heavy atom. The van der Waals surface area contributed by atoms with Crippen molar-refractivity contribution in [2.24, 2.45) is 0 Å². The van der Waals surface area contributed by atoms with Crippen molar-refractivity contribution in [3.05, 3.63) is 54.2 Å². The molecular weight excluding hydrogens is 294 g/mol. The van der Waals surface area contributed by atoms with Crippen molar-refractivity contribution in [2.75, 3.05) is 25.0 Å². The monoisotopic (exact) mass is 323 g/mol. The zero-order valence-electron chi connectivity index (χ0n) is 15.0. The fourth-order valence-electron chi connectivity index (χ4n) is 3.57. The summed E-state index contributed by atoms with van der Waals surface area (Å²) in [5, 5.41) is 0. The molecule has 0 unspecified atom stereocenters. The van der Waals surface area contributed by atoms with Crippen molar-refractivity contribution in [3.63, 3.8) is 0 Å². The number of benzene rings is 1. The van der Waals surface area contributed by atoms with E-state index in [0.717, 1.165) is 5.82 Å². The molecule has 3 nitrogen and oxygen atoms in total. The number of rotatable bonds is 6. The molecule has 0 amide bonds. The van der Waals surface area contributed by atoms with Gasteiger partial charge in [-0.2, -0.15) is 0 Å². The first-order valence-electron chi connectivity index (χ1n) is 9.28. The minimum atomic E-state index is 0.550. The van der Waals surface area contributed by atoms with Crippen molar-refractivity contribution in [1.29, 1.82) is 0 Å². The number of unbranched alkanes of at least 4 members (excludes halogenated alkanes) is 1. The first kappa shape index (κ1) is 17.0. The Morgan fingerprint density at radius 3 is 2.67 bits per heavy atom. The van der Waals surface area contributed by atoms with Gasteiger partial charge in [0.05, 0.1) is 0 Å². The van der Waals surface area contributed by atoms with Crippen LogP contribution in [0.15, 0.2) is 48.7 Å². The van der Waals surface area contributed by atoms with Crippen molar-refractivity contribution < 1.29 is 0 Å². The highest BCUT2D eigenvalue weighted by Crippen LogP contribution is 2.32. The van der Waals surface area contributed by atoms with Gasteiger partial charge >= 0.3 is 0 Å². The fourth-order valence-corrected chi connectivity index (χ4v) is 3.57. The molecule has 1 aromatic heterocycles. The molecule has 1 aromatic carbocycles. The lowest BCUT2D eigenvalue weighted by molar-refractivity contribution is 0.146. The average molecular weight is 323 g/mol. The molecule has 1 aliphatic rings. The summed E-state index contributed by atoms with van der Waals surface area (Å²) in [4.78, 5) is 9.54. The van der Waals surface area contributed by atoms with Crippen LogP contribution in [0.4, 0.5) is 11.5 Å². The Labute approximate surface area is 146 Å². The third-order valence-electron chi connectivity index (χ3n) is 5.06. The summed E-state index contributed by atoms with van der Waals surface area (Å²) in [5.74, 6) is 1.00. The highest BCUT2D eigenvalue weighted by molar-refractivity contribution is 5.58. The zero-order chi connectivity index (χ0) is 16.8. The summed E-state index contributed by atoms with van der Waals surface area (Å²) in [6.07, 6.45) is 8.57. The third kappa shape index (κ3) is 3.96. The van der Waals surface area contributed by atoms with E-state index in [0.29, 0.717) is 6.04 Å². The molecule has 0 N–H and O–H groups in total. The molecule has 3 rings (SSSR count). The first-order chi connectivity index (χ1) is 11.8. The molecule has 3 heteroatoms. The molecule has 0 saturated carbocycles. The predicted molar refractivity (Wildman–Crippen MR) is 102 cm³/mol. The van der Waals surface area contributed by atoms with Gasteiger partial charge in [-0.1, -0.05) is 44.0 Å². The van der Waals surface area contributed by atoms with Crippen LogP contribution in [-0.4, -0.2) is 30.0 Å². The number of nitrogens with zero attached hydrogens (tertiary/aromatic N) is 3. The van der Waals surface area contributed by atoms with Gasteiger partial charge in [-0.25, -0.2) is 4.98 Å². The number of para-hydroxylation sites is 1. The second-order valence-electron chi connectivity index (χ2n) is 6.75. The number of hydrogen-bond donors (Lipinski definition) is 0. The fraction of sp³-hybridized carbons (Fsp3) is 0.476. The van der Waals surface area contributed by atoms with Crippen LogP contribution in [0.5, 0.6) is 0 Å². The van der Waals surface area contributed by atoms with Crippen LogP contribution in [0.3, 0.4) is 0 Å². The molecule has 1 fully saturated rings. The van der Waals surface area contributed by atoms with Gasteiger partial charge in [-0.15, -0.1) is 0 Å². The molecule has 0 bridgehead atoms. The van der Waals surface area contributed by atoms with Crippen LogP contribution in [0, 0.1) is 0 Å². The molecule has 1 atom stereocenters. The molecule has 1 saturated heterocycles. The number of aromatic nitrogens is 1. The maximum atomic E-state index is 4.74. The molecule has 128 valence electrons.